The summed E-state index contributed by atoms with van der Waals surface area (Å²) in [6.07, 6.45) is 12.4. The van der Waals surface area contributed by atoms with Crippen molar-refractivity contribution < 1.29 is 52.3 Å². The predicted molar refractivity (Wildman–Crippen MR) is 566 cm³/mol. The summed E-state index contributed by atoms with van der Waals surface area (Å²) in [4.78, 5) is 80.4. The fourth-order valence-corrected chi connectivity index (χ4v) is 23.4. The quantitative estimate of drug-likeness (QED) is 0.116. The van der Waals surface area contributed by atoms with Crippen molar-refractivity contribution in [2.75, 3.05) is 117 Å². The summed E-state index contributed by atoms with van der Waals surface area (Å²) in [6, 6.07) is 99.4. The number of para-hydroxylation sites is 3. The molecule has 4 N–H and O–H groups in total. The number of aryl methyl sites for hydroxylation is 2. The number of hydrogen-bond donors (Lipinski definition) is 4. The van der Waals surface area contributed by atoms with Gasteiger partial charge < -0.3 is 83.8 Å². The number of aromatic nitrogens is 4. The first kappa shape index (κ1) is 97.0. The first-order valence-corrected chi connectivity index (χ1v) is 51.3. The number of carbonyl (C=O) groups excluding carboxylic acids is 4. The van der Waals surface area contributed by atoms with Crippen molar-refractivity contribution in [3.05, 3.63) is 387 Å². The maximum absolute atomic E-state index is 12.5. The molecule has 14 heterocycles. The van der Waals surface area contributed by atoms with Crippen LogP contribution in [0.15, 0.2) is 304 Å². The normalized spacial score (nSPS) is 18.5. The van der Waals surface area contributed by atoms with Crippen LogP contribution < -0.4 is 35.8 Å². The van der Waals surface area contributed by atoms with E-state index in [9.17, 15) is 19.2 Å². The minimum atomic E-state index is -0.219. The minimum Gasteiger partial charge on any atom is -0.497 e. The van der Waals surface area contributed by atoms with E-state index in [-0.39, 0.29) is 57.7 Å². The summed E-state index contributed by atoms with van der Waals surface area (Å²) in [7, 11) is 1.63. The molecule has 12 aromatic carbocycles. The van der Waals surface area contributed by atoms with Gasteiger partial charge >= 0.3 is 24.1 Å². The van der Waals surface area contributed by atoms with Crippen molar-refractivity contribution in [1.29, 1.82) is 0 Å². The number of fused-ring (bicyclic) bond motifs is 14. The van der Waals surface area contributed by atoms with Gasteiger partial charge in [0.25, 0.3) is 0 Å². The Balaban J connectivity index is 0.000000102. The van der Waals surface area contributed by atoms with Crippen molar-refractivity contribution >= 4 is 91.9 Å². The molecular weight excluding hydrogens is 1840 g/mol. The van der Waals surface area contributed by atoms with Gasteiger partial charge in [-0.25, -0.2) is 39.1 Å². The molecule has 12 aliphatic heterocycles. The lowest BCUT2D eigenvalue weighted by Crippen LogP contribution is -2.46. The third-order valence-corrected chi connectivity index (χ3v) is 31.4. The molecule has 0 radical (unpaired) electrons. The van der Waals surface area contributed by atoms with Gasteiger partial charge in [-0.15, -0.1) is 0 Å². The Morgan fingerprint density at radius 3 is 0.959 bits per heavy atom. The zero-order chi connectivity index (χ0) is 99.0. The van der Waals surface area contributed by atoms with Crippen LogP contribution in [0.4, 0.5) is 53.6 Å². The SMILES string of the molecule is COc1ccc(NC(=O)N2CCC3(CC2)OCc2ccccc23)cc1.Cc1cccc(NC(=O)N2CCC3(CC2)OCc2ccccc23)c1.Cc1nc(N2CCC3(CC2)OCc2ccccc23)c2ccccc2n1.O=C(Nc1cccc(Cl)c1)N1CCC2(CC1)OCc1ccccc12.O=C(Nc1ccccc1)N1CCC2(CC1)OCc1ccccc12.c1ccc2c(c1)COC21CCN(c2ncnc3ccccc23)CC1. The molecule has 26 heteroatoms. The number of amides is 8. The second kappa shape index (κ2) is 42.6. The maximum atomic E-state index is 12.5. The van der Waals surface area contributed by atoms with Crippen LogP contribution in [0.5, 0.6) is 5.75 Å². The molecule has 0 unspecified atom stereocenters. The summed E-state index contributed by atoms with van der Waals surface area (Å²) in [6.45, 7) is 17.6. The first-order chi connectivity index (χ1) is 70.9. The zero-order valence-electron chi connectivity index (χ0n) is 82.4. The van der Waals surface area contributed by atoms with Gasteiger partial charge in [0.05, 0.1) is 91.4 Å². The molecule has 26 rings (SSSR count). The van der Waals surface area contributed by atoms with Gasteiger partial charge in [-0.1, -0.05) is 218 Å². The van der Waals surface area contributed by atoms with Crippen LogP contribution in [0.3, 0.4) is 0 Å². The van der Waals surface area contributed by atoms with Gasteiger partial charge in [0.15, 0.2) is 0 Å². The number of nitrogens with one attached hydrogen (secondary N) is 4. The van der Waals surface area contributed by atoms with E-state index in [1.807, 2.05) is 143 Å². The van der Waals surface area contributed by atoms with Crippen LogP contribution in [0.25, 0.3) is 21.8 Å². The Morgan fingerprint density at radius 2 is 0.593 bits per heavy atom. The monoisotopic (exact) mass is 1960 g/mol. The molecule has 6 fully saturated rings. The second-order valence-corrected chi connectivity index (χ2v) is 40.0. The highest BCUT2D eigenvalue weighted by atomic mass is 35.5. The highest BCUT2D eigenvalue weighted by Crippen LogP contribution is 2.52. The molecule has 6 saturated heterocycles. The number of hydrogen-bond acceptors (Lipinski definition) is 17. The van der Waals surface area contributed by atoms with Gasteiger partial charge in [-0.2, -0.15) is 0 Å². The second-order valence-electron chi connectivity index (χ2n) is 39.6. The molecule has 145 heavy (non-hydrogen) atoms. The fraction of sp³-hybridized carbons (Fsp3) is 0.328. The van der Waals surface area contributed by atoms with Gasteiger partial charge in [0.2, 0.25) is 0 Å². The summed E-state index contributed by atoms with van der Waals surface area (Å²) in [5.41, 5.74) is 21.1. The molecule has 0 atom stereocenters. The smallest absolute Gasteiger partial charge is 0.321 e. The highest BCUT2D eigenvalue weighted by molar-refractivity contribution is 6.31. The third-order valence-electron chi connectivity index (χ3n) is 31.2. The van der Waals surface area contributed by atoms with Crippen LogP contribution >= 0.6 is 11.6 Å². The third kappa shape index (κ3) is 20.7. The molecule has 0 aliphatic carbocycles. The molecule has 0 saturated carbocycles. The lowest BCUT2D eigenvalue weighted by molar-refractivity contribution is -0.0724. The van der Waals surface area contributed by atoms with Gasteiger partial charge in [-0.05, 0) is 254 Å². The summed E-state index contributed by atoms with van der Waals surface area (Å²) >= 11 is 5.96. The Hall–Kier alpha value is -14.2. The van der Waals surface area contributed by atoms with Crippen molar-refractivity contribution in [3.8, 4) is 5.75 Å². The Morgan fingerprint density at radius 1 is 0.297 bits per heavy atom. The predicted octanol–water partition coefficient (Wildman–Crippen LogP) is 23.6. The van der Waals surface area contributed by atoms with Crippen LogP contribution in [-0.2, 0) is 102 Å². The maximum Gasteiger partial charge on any atom is 0.321 e. The van der Waals surface area contributed by atoms with Crippen molar-refractivity contribution in [2.45, 2.75) is 164 Å². The van der Waals surface area contributed by atoms with Gasteiger partial charge in [-0.3, -0.25) is 0 Å². The molecule has 2 aromatic heterocycles. The number of likely N-dealkylation sites (tertiary alicyclic amines) is 4. The van der Waals surface area contributed by atoms with Gasteiger partial charge in [0.1, 0.15) is 29.5 Å². The Labute approximate surface area is 851 Å². The molecule has 12 aliphatic rings. The van der Waals surface area contributed by atoms with E-state index in [2.05, 4.69) is 222 Å². The van der Waals surface area contributed by atoms with E-state index in [0.717, 1.165) is 190 Å². The number of nitrogens with zero attached hydrogens (tertiary/aromatic N) is 10. The molecule has 6 spiro atoms. The molecule has 742 valence electrons. The van der Waals surface area contributed by atoms with E-state index >= 15 is 0 Å². The van der Waals surface area contributed by atoms with E-state index in [1.165, 1.54) is 66.8 Å². The zero-order valence-corrected chi connectivity index (χ0v) is 83.2. The van der Waals surface area contributed by atoms with Crippen LogP contribution in [0.2, 0.25) is 5.02 Å². The van der Waals surface area contributed by atoms with Crippen LogP contribution in [0, 0.1) is 13.8 Å². The molecule has 0 bridgehead atoms. The lowest BCUT2D eigenvalue weighted by Gasteiger charge is -2.40. The topological polar surface area (TPSA) is 252 Å². The number of anilines is 6. The number of piperidine rings is 6. The van der Waals surface area contributed by atoms with Crippen molar-refractivity contribution in [1.82, 2.24) is 39.5 Å². The summed E-state index contributed by atoms with van der Waals surface area (Å²) in [5.74, 6) is 3.71. The number of halogens is 1. The standard InChI is InChI=1S/C21H21N3O.C20H19N3O.C20H22N2O3.C20H22N2O2.C19H19ClN2O2.C19H20N2O2/c1-15-22-19-9-5-3-7-17(19)20(23-15)24-12-10-21(11-13-24)18-8-4-2-6-16(18)14-25-21;1-3-7-17-15(5-1)13-24-20(17)9-11-23(12-10-20)19-16-6-2-4-8-18(16)21-14-22-19;1-24-17-8-6-16(7-9-17)21-19(23)22-12-10-20(11-13-22)18-5-3-2-4-15(18)14-25-20;1-15-5-4-7-17(13-15)21-19(23)22-11-9-20(10-12-22)18-8-3-2-6-16(18)14-24-20;20-15-5-3-6-16(12-15)21-18(23)22-10-8-19(9-11-22)17-7-2-1-4-14(17)13-24-19;22-18(20-16-7-2-1-3-8-16)21-12-10-19(11-13-21)17-9-5-4-6-15(17)14-23-19/h2-9H,10-14H2,1H3;1-8,14H,9-13H2;2-9H,10-14H2,1H3,(H,21,23);2-8,13H,9-12,14H2,1H3,(H,21,23);1-7,12H,8-11,13H2,(H,21,23);1-9H,10-14H2,(H,20,22). The number of ether oxygens (including phenoxy) is 7. The molecule has 14 aromatic rings. The van der Waals surface area contributed by atoms with Crippen molar-refractivity contribution in [3.63, 3.8) is 0 Å². The fourth-order valence-electron chi connectivity index (χ4n) is 23.2. The number of carbonyl (C=O) groups is 4. The van der Waals surface area contributed by atoms with Crippen molar-refractivity contribution in [2.24, 2.45) is 0 Å². The average Bonchev–Trinajstić information content (AvgIpc) is 1.60. The van der Waals surface area contributed by atoms with Crippen LogP contribution in [0.1, 0.15) is 155 Å². The molecule has 8 amide bonds. The minimum absolute atomic E-state index is 0.0262. The number of benzene rings is 12. The number of methoxy groups -OCH3 is 1. The number of urea groups is 4. The summed E-state index contributed by atoms with van der Waals surface area (Å²) in [5, 5.41) is 14.7. The summed E-state index contributed by atoms with van der Waals surface area (Å²) < 4.78 is 42.3. The number of rotatable bonds is 7. The highest BCUT2D eigenvalue weighted by Gasteiger charge is 2.50. The van der Waals surface area contributed by atoms with E-state index in [1.54, 1.807) is 25.6 Å². The van der Waals surface area contributed by atoms with E-state index in [0.29, 0.717) is 83.8 Å². The Kier molecular flexibility index (Phi) is 28.5. The van der Waals surface area contributed by atoms with E-state index in [4.69, 9.17) is 49.7 Å². The molecule has 25 nitrogen and oxygen atoms in total. The van der Waals surface area contributed by atoms with Crippen LogP contribution in [-0.4, -0.2) is 149 Å². The Bertz CT molecular complexity index is 6850. The molecular formula is C119H123ClN14O11. The largest absolute Gasteiger partial charge is 0.497 e. The van der Waals surface area contributed by atoms with E-state index < -0.39 is 0 Å². The average molecular weight is 1960 g/mol. The van der Waals surface area contributed by atoms with Gasteiger partial charge in [0, 0.05) is 117 Å². The lowest BCUT2D eigenvalue weighted by atomic mass is 9.84. The first-order valence-electron chi connectivity index (χ1n) is 50.9.